The summed E-state index contributed by atoms with van der Waals surface area (Å²) >= 11 is 0. The average Bonchev–Trinajstić information content (AvgIpc) is 2.60. The third-order valence-corrected chi connectivity index (χ3v) is 5.02. The Kier molecular flexibility index (Phi) is 3.60. The van der Waals surface area contributed by atoms with Gasteiger partial charge in [0.15, 0.2) is 0 Å². The molecule has 2 rings (SSSR count). The number of nitrogens with zero attached hydrogens (tertiary/aromatic N) is 2. The molecule has 0 radical (unpaired) electrons. The van der Waals surface area contributed by atoms with Crippen molar-refractivity contribution >= 4 is 0 Å². The second-order valence-electron chi connectivity index (χ2n) is 6.29. The van der Waals surface area contributed by atoms with Crippen LogP contribution in [0.2, 0.25) is 0 Å². The van der Waals surface area contributed by atoms with Crippen molar-refractivity contribution in [3.05, 3.63) is 0 Å². The van der Waals surface area contributed by atoms with Gasteiger partial charge in [0.2, 0.25) is 0 Å². The molecule has 2 heterocycles. The molecule has 94 valence electrons. The normalized spacial score (nSPS) is 33.4. The van der Waals surface area contributed by atoms with Crippen LogP contribution in [0.15, 0.2) is 0 Å². The lowest BCUT2D eigenvalue weighted by Gasteiger charge is -2.38. The van der Waals surface area contributed by atoms with Gasteiger partial charge < -0.3 is 4.90 Å². The van der Waals surface area contributed by atoms with Gasteiger partial charge in [-0.2, -0.15) is 0 Å². The highest BCUT2D eigenvalue weighted by atomic mass is 15.2. The second kappa shape index (κ2) is 4.66. The fourth-order valence-electron chi connectivity index (χ4n) is 3.63. The minimum atomic E-state index is 0.662. The number of rotatable bonds is 2. The molecule has 2 nitrogen and oxygen atoms in total. The Hall–Kier alpha value is -0.0800. The highest BCUT2D eigenvalue weighted by Gasteiger charge is 2.44. The van der Waals surface area contributed by atoms with Crippen LogP contribution in [0.25, 0.3) is 0 Å². The molecule has 0 aromatic heterocycles. The molecule has 2 heteroatoms. The predicted octanol–water partition coefficient (Wildman–Crippen LogP) is 2.59. The van der Waals surface area contributed by atoms with Crippen LogP contribution in [0, 0.1) is 5.41 Å². The predicted molar refractivity (Wildman–Crippen MR) is 69.7 cm³/mol. The first-order chi connectivity index (χ1) is 7.56. The Balaban J connectivity index is 1.99. The summed E-state index contributed by atoms with van der Waals surface area (Å²) in [6.45, 7) is 11.1. The topological polar surface area (TPSA) is 6.48 Å². The maximum Gasteiger partial charge on any atom is 0.00757 e. The Morgan fingerprint density at radius 1 is 1.31 bits per heavy atom. The first-order valence-corrected chi connectivity index (χ1v) is 7.00. The molecule has 16 heavy (non-hydrogen) atoms. The SMILES string of the molecule is CCC(C)N1CC2(CCN(C)CC2)C[C@H]1C. The molecule has 0 bridgehead atoms. The Labute approximate surface area is 101 Å². The molecular formula is C14H28N2. The van der Waals surface area contributed by atoms with Crippen LogP contribution in [-0.4, -0.2) is 48.6 Å². The molecule has 0 aromatic rings. The van der Waals surface area contributed by atoms with E-state index in [0.717, 1.165) is 12.1 Å². The van der Waals surface area contributed by atoms with E-state index in [1.165, 1.54) is 45.3 Å². The minimum Gasteiger partial charge on any atom is -0.306 e. The molecule has 2 aliphatic heterocycles. The van der Waals surface area contributed by atoms with Crippen molar-refractivity contribution in [2.24, 2.45) is 5.41 Å². The maximum absolute atomic E-state index is 2.76. The lowest BCUT2D eigenvalue weighted by molar-refractivity contribution is 0.116. The van der Waals surface area contributed by atoms with E-state index in [1.54, 1.807) is 0 Å². The Morgan fingerprint density at radius 3 is 2.50 bits per heavy atom. The van der Waals surface area contributed by atoms with Crippen molar-refractivity contribution in [1.82, 2.24) is 9.80 Å². The smallest absolute Gasteiger partial charge is 0.00757 e. The molecular weight excluding hydrogens is 196 g/mol. The van der Waals surface area contributed by atoms with Gasteiger partial charge in [-0.1, -0.05) is 6.92 Å². The minimum absolute atomic E-state index is 0.662. The van der Waals surface area contributed by atoms with Gasteiger partial charge in [0.25, 0.3) is 0 Å². The highest BCUT2D eigenvalue weighted by Crippen LogP contribution is 2.43. The monoisotopic (exact) mass is 224 g/mol. The van der Waals surface area contributed by atoms with E-state index < -0.39 is 0 Å². The van der Waals surface area contributed by atoms with E-state index in [-0.39, 0.29) is 0 Å². The van der Waals surface area contributed by atoms with Gasteiger partial charge in [0.05, 0.1) is 0 Å². The molecule has 0 aromatic carbocycles. The molecule has 2 aliphatic rings. The lowest BCUT2D eigenvalue weighted by Crippen LogP contribution is -2.41. The van der Waals surface area contributed by atoms with E-state index in [0.29, 0.717) is 5.41 Å². The van der Waals surface area contributed by atoms with Crippen molar-refractivity contribution in [3.8, 4) is 0 Å². The maximum atomic E-state index is 2.76. The summed E-state index contributed by atoms with van der Waals surface area (Å²) in [5.74, 6) is 0. The summed E-state index contributed by atoms with van der Waals surface area (Å²) in [7, 11) is 2.26. The zero-order valence-corrected chi connectivity index (χ0v) is 11.5. The van der Waals surface area contributed by atoms with Crippen molar-refractivity contribution in [1.29, 1.82) is 0 Å². The largest absolute Gasteiger partial charge is 0.306 e. The molecule has 1 unspecified atom stereocenters. The van der Waals surface area contributed by atoms with Crippen LogP contribution in [0.5, 0.6) is 0 Å². The number of piperidine rings is 1. The van der Waals surface area contributed by atoms with Crippen molar-refractivity contribution in [3.63, 3.8) is 0 Å². The van der Waals surface area contributed by atoms with Gasteiger partial charge >= 0.3 is 0 Å². The summed E-state index contributed by atoms with van der Waals surface area (Å²) in [5.41, 5.74) is 0.662. The van der Waals surface area contributed by atoms with E-state index in [2.05, 4.69) is 37.6 Å². The highest BCUT2D eigenvalue weighted by molar-refractivity contribution is 4.98. The van der Waals surface area contributed by atoms with Crippen molar-refractivity contribution < 1.29 is 0 Å². The molecule has 0 amide bonds. The van der Waals surface area contributed by atoms with Gasteiger partial charge in [-0.3, -0.25) is 4.90 Å². The fraction of sp³-hybridized carbons (Fsp3) is 1.00. The van der Waals surface area contributed by atoms with Gasteiger partial charge in [0, 0.05) is 18.6 Å². The van der Waals surface area contributed by atoms with Crippen LogP contribution < -0.4 is 0 Å². The third-order valence-electron chi connectivity index (χ3n) is 5.02. The van der Waals surface area contributed by atoms with Crippen molar-refractivity contribution in [2.75, 3.05) is 26.7 Å². The summed E-state index contributed by atoms with van der Waals surface area (Å²) < 4.78 is 0. The lowest BCUT2D eigenvalue weighted by atomic mass is 9.77. The standard InChI is InChI=1S/C14H28N2/c1-5-12(2)16-11-14(10-13(16)3)6-8-15(4)9-7-14/h12-13H,5-11H2,1-4H3/t12?,13-/m1/s1. The summed E-state index contributed by atoms with van der Waals surface area (Å²) in [5, 5.41) is 0. The first kappa shape index (κ1) is 12.4. The molecule has 2 saturated heterocycles. The van der Waals surface area contributed by atoms with Gasteiger partial charge in [0.1, 0.15) is 0 Å². The molecule has 2 fully saturated rings. The summed E-state index contributed by atoms with van der Waals surface area (Å²) in [6.07, 6.45) is 5.56. The zero-order chi connectivity index (χ0) is 11.8. The van der Waals surface area contributed by atoms with Crippen molar-refractivity contribution in [2.45, 2.75) is 58.5 Å². The number of likely N-dealkylation sites (tertiary alicyclic amines) is 2. The van der Waals surface area contributed by atoms with Gasteiger partial charge in [-0.05, 0) is 65.1 Å². The fourth-order valence-corrected chi connectivity index (χ4v) is 3.63. The first-order valence-electron chi connectivity index (χ1n) is 7.00. The third kappa shape index (κ3) is 2.28. The molecule has 1 spiro atoms. The zero-order valence-electron chi connectivity index (χ0n) is 11.5. The van der Waals surface area contributed by atoms with Crippen LogP contribution in [0.4, 0.5) is 0 Å². The second-order valence-corrected chi connectivity index (χ2v) is 6.29. The quantitative estimate of drug-likeness (QED) is 0.711. The molecule has 0 aliphatic carbocycles. The molecule has 0 N–H and O–H groups in total. The van der Waals surface area contributed by atoms with E-state index in [1.807, 2.05) is 0 Å². The Bertz CT molecular complexity index is 231. The molecule has 0 saturated carbocycles. The van der Waals surface area contributed by atoms with Crippen LogP contribution in [0.1, 0.15) is 46.5 Å². The number of hydrogen-bond acceptors (Lipinski definition) is 2. The number of hydrogen-bond donors (Lipinski definition) is 0. The van der Waals surface area contributed by atoms with Crippen LogP contribution in [-0.2, 0) is 0 Å². The summed E-state index contributed by atoms with van der Waals surface area (Å²) in [6, 6.07) is 1.58. The van der Waals surface area contributed by atoms with Crippen LogP contribution in [0.3, 0.4) is 0 Å². The van der Waals surface area contributed by atoms with Crippen LogP contribution >= 0.6 is 0 Å². The van der Waals surface area contributed by atoms with E-state index in [9.17, 15) is 0 Å². The Morgan fingerprint density at radius 2 is 1.94 bits per heavy atom. The van der Waals surface area contributed by atoms with Gasteiger partial charge in [-0.25, -0.2) is 0 Å². The van der Waals surface area contributed by atoms with E-state index >= 15 is 0 Å². The molecule has 2 atom stereocenters. The van der Waals surface area contributed by atoms with E-state index in [4.69, 9.17) is 0 Å². The summed E-state index contributed by atoms with van der Waals surface area (Å²) in [4.78, 5) is 5.24. The average molecular weight is 224 g/mol. The van der Waals surface area contributed by atoms with Gasteiger partial charge in [-0.15, -0.1) is 0 Å².